The molecule has 2 aromatic carbocycles. The SMILES string of the molecule is Cc1cccc(-n2ccnc2SCc2cccc(S(=O)(=O)N(C)C)c2)c1C. The highest BCUT2D eigenvalue weighted by molar-refractivity contribution is 7.98. The number of aryl methyl sites for hydroxylation is 1. The summed E-state index contributed by atoms with van der Waals surface area (Å²) in [6.45, 7) is 4.20. The molecule has 27 heavy (non-hydrogen) atoms. The van der Waals surface area contributed by atoms with Crippen LogP contribution in [-0.4, -0.2) is 36.4 Å². The molecule has 0 unspecified atom stereocenters. The predicted molar refractivity (Wildman–Crippen MR) is 110 cm³/mol. The van der Waals surface area contributed by atoms with Crippen molar-refractivity contribution in [2.24, 2.45) is 0 Å². The minimum Gasteiger partial charge on any atom is -0.295 e. The summed E-state index contributed by atoms with van der Waals surface area (Å²) >= 11 is 1.59. The summed E-state index contributed by atoms with van der Waals surface area (Å²) < 4.78 is 28.0. The van der Waals surface area contributed by atoms with Crippen molar-refractivity contribution in [1.82, 2.24) is 13.9 Å². The second-order valence-corrected chi connectivity index (χ2v) is 9.62. The number of rotatable bonds is 6. The average molecular weight is 402 g/mol. The second kappa shape index (κ2) is 7.88. The van der Waals surface area contributed by atoms with Crippen LogP contribution in [0.25, 0.3) is 5.69 Å². The Hall–Kier alpha value is -2.09. The summed E-state index contributed by atoms with van der Waals surface area (Å²) in [4.78, 5) is 4.79. The summed E-state index contributed by atoms with van der Waals surface area (Å²) in [5, 5.41) is 0.879. The van der Waals surface area contributed by atoms with E-state index in [0.29, 0.717) is 10.6 Å². The molecule has 1 heterocycles. The zero-order valence-electron chi connectivity index (χ0n) is 15.9. The first-order chi connectivity index (χ1) is 12.8. The first kappa shape index (κ1) is 19.7. The van der Waals surface area contributed by atoms with E-state index in [-0.39, 0.29) is 0 Å². The number of sulfonamides is 1. The van der Waals surface area contributed by atoms with Crippen LogP contribution >= 0.6 is 11.8 Å². The topological polar surface area (TPSA) is 55.2 Å². The van der Waals surface area contributed by atoms with E-state index >= 15 is 0 Å². The lowest BCUT2D eigenvalue weighted by Crippen LogP contribution is -2.22. The third kappa shape index (κ3) is 4.10. The van der Waals surface area contributed by atoms with E-state index in [1.165, 1.54) is 29.5 Å². The Morgan fingerprint density at radius 2 is 1.85 bits per heavy atom. The minimum absolute atomic E-state index is 0.309. The molecule has 0 bridgehead atoms. The fourth-order valence-electron chi connectivity index (χ4n) is 2.73. The average Bonchev–Trinajstić information content (AvgIpc) is 3.10. The first-order valence-electron chi connectivity index (χ1n) is 8.55. The quantitative estimate of drug-likeness (QED) is 0.585. The monoisotopic (exact) mass is 401 g/mol. The molecule has 0 saturated heterocycles. The molecule has 142 valence electrons. The van der Waals surface area contributed by atoms with Gasteiger partial charge in [0, 0.05) is 32.2 Å². The van der Waals surface area contributed by atoms with Crippen LogP contribution in [0.2, 0.25) is 0 Å². The molecule has 5 nitrogen and oxygen atoms in total. The van der Waals surface area contributed by atoms with Gasteiger partial charge in [-0.2, -0.15) is 0 Å². The van der Waals surface area contributed by atoms with Crippen molar-refractivity contribution >= 4 is 21.8 Å². The van der Waals surface area contributed by atoms with E-state index in [9.17, 15) is 8.42 Å². The summed E-state index contributed by atoms with van der Waals surface area (Å²) in [5.41, 5.74) is 4.51. The smallest absolute Gasteiger partial charge is 0.242 e. The van der Waals surface area contributed by atoms with Crippen LogP contribution in [-0.2, 0) is 15.8 Å². The number of hydrogen-bond donors (Lipinski definition) is 0. The van der Waals surface area contributed by atoms with Crippen molar-refractivity contribution in [3.05, 3.63) is 71.5 Å². The van der Waals surface area contributed by atoms with Gasteiger partial charge in [-0.3, -0.25) is 4.57 Å². The second-order valence-electron chi connectivity index (χ2n) is 6.52. The molecular formula is C20H23N3O2S2. The van der Waals surface area contributed by atoms with Gasteiger partial charge in [0.15, 0.2) is 5.16 Å². The third-order valence-corrected chi connectivity index (χ3v) is 7.34. The molecule has 0 radical (unpaired) electrons. The molecule has 0 spiro atoms. The van der Waals surface area contributed by atoms with E-state index in [0.717, 1.165) is 16.4 Å². The van der Waals surface area contributed by atoms with Gasteiger partial charge in [-0.1, -0.05) is 36.0 Å². The number of hydrogen-bond acceptors (Lipinski definition) is 4. The Morgan fingerprint density at radius 1 is 1.11 bits per heavy atom. The molecule has 0 amide bonds. The Labute approximate surface area is 165 Å². The lowest BCUT2D eigenvalue weighted by atomic mass is 10.1. The lowest BCUT2D eigenvalue weighted by Gasteiger charge is -2.13. The number of imidazole rings is 1. The third-order valence-electron chi connectivity index (χ3n) is 4.49. The largest absolute Gasteiger partial charge is 0.295 e. The van der Waals surface area contributed by atoms with Gasteiger partial charge in [0.25, 0.3) is 0 Å². The number of benzene rings is 2. The summed E-state index contributed by atoms with van der Waals surface area (Å²) in [7, 11) is -0.351. The number of thioether (sulfide) groups is 1. The Bertz CT molecular complexity index is 1060. The highest BCUT2D eigenvalue weighted by Crippen LogP contribution is 2.27. The fraction of sp³-hybridized carbons (Fsp3) is 0.250. The molecule has 0 fully saturated rings. The van der Waals surface area contributed by atoms with Crippen molar-refractivity contribution in [3.8, 4) is 5.69 Å². The van der Waals surface area contributed by atoms with Gasteiger partial charge in [-0.05, 0) is 48.7 Å². The molecule has 3 rings (SSSR count). The molecule has 0 saturated carbocycles. The zero-order valence-corrected chi connectivity index (χ0v) is 17.5. The maximum atomic E-state index is 12.3. The van der Waals surface area contributed by atoms with E-state index in [1.54, 1.807) is 36.2 Å². The Kier molecular flexibility index (Phi) is 5.74. The van der Waals surface area contributed by atoms with Gasteiger partial charge in [-0.15, -0.1) is 0 Å². The van der Waals surface area contributed by atoms with E-state index in [4.69, 9.17) is 0 Å². The zero-order chi connectivity index (χ0) is 19.6. The van der Waals surface area contributed by atoms with Crippen molar-refractivity contribution in [2.45, 2.75) is 29.7 Å². The van der Waals surface area contributed by atoms with Gasteiger partial charge in [0.05, 0.1) is 10.6 Å². The molecule has 0 aliphatic rings. The normalized spacial score (nSPS) is 11.9. The van der Waals surface area contributed by atoms with Crippen LogP contribution in [0, 0.1) is 13.8 Å². The summed E-state index contributed by atoms with van der Waals surface area (Å²) in [6.07, 6.45) is 3.74. The Morgan fingerprint density at radius 3 is 2.59 bits per heavy atom. The standard InChI is InChI=1S/C20H23N3O2S2/c1-15-7-5-10-19(16(15)2)23-12-11-21-20(23)26-14-17-8-6-9-18(13-17)27(24,25)22(3)4/h5-13H,14H2,1-4H3. The molecule has 3 aromatic rings. The molecule has 7 heteroatoms. The van der Waals surface area contributed by atoms with Gasteiger partial charge in [-0.25, -0.2) is 17.7 Å². The van der Waals surface area contributed by atoms with E-state index in [2.05, 4.69) is 35.5 Å². The molecule has 0 aliphatic heterocycles. The van der Waals surface area contributed by atoms with Gasteiger partial charge in [0.1, 0.15) is 0 Å². The number of nitrogens with zero attached hydrogens (tertiary/aromatic N) is 3. The Balaban J connectivity index is 1.84. The first-order valence-corrected chi connectivity index (χ1v) is 11.0. The number of aromatic nitrogens is 2. The van der Waals surface area contributed by atoms with E-state index in [1.807, 2.05) is 18.3 Å². The van der Waals surface area contributed by atoms with Gasteiger partial charge >= 0.3 is 0 Å². The van der Waals surface area contributed by atoms with E-state index < -0.39 is 10.0 Å². The summed E-state index contributed by atoms with van der Waals surface area (Å²) in [5.74, 6) is 0.638. The van der Waals surface area contributed by atoms with Crippen molar-refractivity contribution < 1.29 is 8.42 Å². The van der Waals surface area contributed by atoms with Gasteiger partial charge in [0.2, 0.25) is 10.0 Å². The van der Waals surface area contributed by atoms with Crippen LogP contribution in [0.1, 0.15) is 16.7 Å². The van der Waals surface area contributed by atoms with Crippen LogP contribution in [0.3, 0.4) is 0 Å². The van der Waals surface area contributed by atoms with Crippen LogP contribution in [0.5, 0.6) is 0 Å². The molecule has 0 atom stereocenters. The van der Waals surface area contributed by atoms with Crippen molar-refractivity contribution in [3.63, 3.8) is 0 Å². The maximum absolute atomic E-state index is 12.3. The van der Waals surface area contributed by atoms with Crippen molar-refractivity contribution in [1.29, 1.82) is 0 Å². The van der Waals surface area contributed by atoms with Crippen LogP contribution in [0.4, 0.5) is 0 Å². The highest BCUT2D eigenvalue weighted by Gasteiger charge is 2.17. The highest BCUT2D eigenvalue weighted by atomic mass is 32.2. The fourth-order valence-corrected chi connectivity index (χ4v) is 4.61. The predicted octanol–water partition coefficient (Wildman–Crippen LogP) is 4.03. The molecule has 1 aromatic heterocycles. The minimum atomic E-state index is -3.43. The molecule has 0 aliphatic carbocycles. The van der Waals surface area contributed by atoms with Gasteiger partial charge < -0.3 is 0 Å². The van der Waals surface area contributed by atoms with Crippen molar-refractivity contribution in [2.75, 3.05) is 14.1 Å². The van der Waals surface area contributed by atoms with Crippen LogP contribution in [0.15, 0.2) is 64.9 Å². The summed E-state index contributed by atoms with van der Waals surface area (Å²) in [6, 6.07) is 13.3. The molecular weight excluding hydrogens is 378 g/mol. The van der Waals surface area contributed by atoms with Crippen LogP contribution < -0.4 is 0 Å². The lowest BCUT2D eigenvalue weighted by molar-refractivity contribution is 0.520. The molecule has 0 N–H and O–H groups in total. The maximum Gasteiger partial charge on any atom is 0.242 e.